The van der Waals surface area contributed by atoms with Crippen molar-refractivity contribution in [1.82, 2.24) is 15.4 Å². The topological polar surface area (TPSA) is 53.8 Å². The van der Waals surface area contributed by atoms with Crippen molar-refractivity contribution in [3.63, 3.8) is 0 Å². The largest absolute Gasteiger partial charge is 0.489 e. The van der Waals surface area contributed by atoms with Gasteiger partial charge in [-0.15, -0.1) is 0 Å². The molecule has 1 aromatic heterocycles. The maximum Gasteiger partial charge on any atom is 0.151 e. The molecule has 0 aliphatic carbocycles. The molecule has 4 aromatic rings. The van der Waals surface area contributed by atoms with Gasteiger partial charge < -0.3 is 19.5 Å². The van der Waals surface area contributed by atoms with Crippen LogP contribution >= 0.6 is 0 Å². The lowest BCUT2D eigenvalue weighted by Gasteiger charge is -2.36. The van der Waals surface area contributed by atoms with Crippen molar-refractivity contribution < 1.29 is 9.26 Å². The zero-order valence-corrected chi connectivity index (χ0v) is 20.7. The van der Waals surface area contributed by atoms with Gasteiger partial charge in [-0.05, 0) is 61.5 Å². The van der Waals surface area contributed by atoms with Gasteiger partial charge in [0.1, 0.15) is 18.1 Å². The fourth-order valence-electron chi connectivity index (χ4n) is 4.50. The molecule has 1 aliphatic rings. The van der Waals surface area contributed by atoms with E-state index in [2.05, 4.69) is 62.7 Å². The number of rotatable bonds is 11. The normalized spacial score (nSPS) is 14.2. The number of hydrogen-bond donors (Lipinski definition) is 1. The molecule has 3 aromatic carbocycles. The second kappa shape index (κ2) is 12.4. The summed E-state index contributed by atoms with van der Waals surface area (Å²) in [5, 5.41) is 7.74. The monoisotopic (exact) mass is 482 g/mol. The van der Waals surface area contributed by atoms with Crippen LogP contribution in [0.2, 0.25) is 0 Å². The number of hydrogen-bond acceptors (Lipinski definition) is 6. The molecule has 1 aliphatic heterocycles. The standard InChI is InChI=1S/C30H34N4O2/c1-3-8-25(9-4-1)24-35-28-14-12-26(13-15-28)30-22-29(36-32-30)23-31-16-7-17-33-18-20-34(21-19-33)27-10-5-2-6-11-27/h1-6,8-15,22,31H,7,16-21,23-24H2. The van der Waals surface area contributed by atoms with E-state index in [0.717, 1.165) is 74.0 Å². The highest BCUT2D eigenvalue weighted by Gasteiger charge is 2.16. The second-order valence-electron chi connectivity index (χ2n) is 9.17. The van der Waals surface area contributed by atoms with E-state index in [4.69, 9.17) is 9.26 Å². The van der Waals surface area contributed by atoms with Crippen molar-refractivity contribution in [2.45, 2.75) is 19.6 Å². The molecule has 0 bridgehead atoms. The van der Waals surface area contributed by atoms with Crippen LogP contribution in [0.4, 0.5) is 5.69 Å². The van der Waals surface area contributed by atoms with Crippen molar-refractivity contribution in [3.8, 4) is 17.0 Å². The Balaban J connectivity index is 0.990. The van der Waals surface area contributed by atoms with Crippen molar-refractivity contribution >= 4 is 5.69 Å². The molecular weight excluding hydrogens is 448 g/mol. The van der Waals surface area contributed by atoms with Gasteiger partial charge >= 0.3 is 0 Å². The summed E-state index contributed by atoms with van der Waals surface area (Å²) in [5.74, 6) is 1.69. The summed E-state index contributed by atoms with van der Waals surface area (Å²) in [6, 6.07) is 30.9. The SMILES string of the molecule is c1ccc(COc2ccc(-c3cc(CNCCCN4CCN(c5ccccc5)CC4)on3)cc2)cc1. The molecule has 6 nitrogen and oxygen atoms in total. The van der Waals surface area contributed by atoms with E-state index in [1.807, 2.05) is 48.5 Å². The third-order valence-corrected chi connectivity index (χ3v) is 6.58. The molecule has 6 heteroatoms. The van der Waals surface area contributed by atoms with Crippen molar-refractivity contribution in [1.29, 1.82) is 0 Å². The van der Waals surface area contributed by atoms with Gasteiger partial charge in [0.05, 0.1) is 6.54 Å². The molecule has 5 rings (SSSR count). The van der Waals surface area contributed by atoms with Crippen LogP contribution in [-0.2, 0) is 13.2 Å². The fraction of sp³-hybridized carbons (Fsp3) is 0.300. The first-order chi connectivity index (χ1) is 17.8. The molecule has 0 saturated carbocycles. The van der Waals surface area contributed by atoms with Crippen LogP contribution < -0.4 is 15.0 Å². The molecule has 0 amide bonds. The van der Waals surface area contributed by atoms with Crippen LogP contribution in [0.25, 0.3) is 11.3 Å². The summed E-state index contributed by atoms with van der Waals surface area (Å²) >= 11 is 0. The number of para-hydroxylation sites is 1. The summed E-state index contributed by atoms with van der Waals surface area (Å²) in [6.45, 7) is 7.76. The Morgan fingerprint density at radius 3 is 2.31 bits per heavy atom. The minimum Gasteiger partial charge on any atom is -0.489 e. The van der Waals surface area contributed by atoms with E-state index < -0.39 is 0 Å². The average molecular weight is 483 g/mol. The highest BCUT2D eigenvalue weighted by Crippen LogP contribution is 2.23. The zero-order chi connectivity index (χ0) is 24.4. The predicted octanol–water partition coefficient (Wildman–Crippen LogP) is 5.22. The van der Waals surface area contributed by atoms with E-state index in [-0.39, 0.29) is 0 Å². The number of nitrogens with one attached hydrogen (secondary N) is 1. The summed E-state index contributed by atoms with van der Waals surface area (Å²) in [5.41, 5.74) is 4.35. The zero-order valence-electron chi connectivity index (χ0n) is 20.7. The summed E-state index contributed by atoms with van der Waals surface area (Å²) in [7, 11) is 0. The number of aromatic nitrogens is 1. The van der Waals surface area contributed by atoms with Crippen molar-refractivity contribution in [2.24, 2.45) is 0 Å². The molecule has 1 saturated heterocycles. The van der Waals surface area contributed by atoms with E-state index >= 15 is 0 Å². The molecule has 2 heterocycles. The minimum absolute atomic E-state index is 0.559. The lowest BCUT2D eigenvalue weighted by Crippen LogP contribution is -2.46. The van der Waals surface area contributed by atoms with E-state index in [0.29, 0.717) is 13.2 Å². The first kappa shape index (κ1) is 24.1. The van der Waals surface area contributed by atoms with Crippen LogP contribution in [0.1, 0.15) is 17.7 Å². The summed E-state index contributed by atoms with van der Waals surface area (Å²) in [4.78, 5) is 5.03. The fourth-order valence-corrected chi connectivity index (χ4v) is 4.50. The van der Waals surface area contributed by atoms with Crippen LogP contribution in [0.3, 0.4) is 0 Å². The number of anilines is 1. The molecular formula is C30H34N4O2. The Labute approximate surface area is 213 Å². The Bertz CT molecular complexity index is 1170. The van der Waals surface area contributed by atoms with Gasteiger partial charge in [0.15, 0.2) is 5.76 Å². The summed E-state index contributed by atoms with van der Waals surface area (Å²) < 4.78 is 11.4. The average Bonchev–Trinajstić information content (AvgIpc) is 3.42. The minimum atomic E-state index is 0.559. The van der Waals surface area contributed by atoms with Gasteiger partial charge in [0, 0.05) is 43.5 Å². The number of nitrogens with zero attached hydrogens (tertiary/aromatic N) is 3. The van der Waals surface area contributed by atoms with Gasteiger partial charge in [-0.1, -0.05) is 53.7 Å². The van der Waals surface area contributed by atoms with Crippen LogP contribution in [0, 0.1) is 0 Å². The molecule has 186 valence electrons. The third kappa shape index (κ3) is 6.74. The van der Waals surface area contributed by atoms with Gasteiger partial charge in [0.2, 0.25) is 0 Å². The molecule has 0 spiro atoms. The first-order valence-electron chi connectivity index (χ1n) is 12.8. The quantitative estimate of drug-likeness (QED) is 0.296. The molecule has 1 N–H and O–H groups in total. The number of piperazine rings is 1. The highest BCUT2D eigenvalue weighted by molar-refractivity contribution is 5.59. The predicted molar refractivity (Wildman–Crippen MR) is 144 cm³/mol. The number of benzene rings is 3. The van der Waals surface area contributed by atoms with Gasteiger partial charge in [-0.3, -0.25) is 4.90 Å². The van der Waals surface area contributed by atoms with Crippen molar-refractivity contribution in [2.75, 3.05) is 44.2 Å². The third-order valence-electron chi connectivity index (χ3n) is 6.58. The van der Waals surface area contributed by atoms with Gasteiger partial charge in [0.25, 0.3) is 0 Å². The van der Waals surface area contributed by atoms with Crippen LogP contribution in [0.15, 0.2) is 95.5 Å². The van der Waals surface area contributed by atoms with Crippen LogP contribution in [0.5, 0.6) is 5.75 Å². The maximum absolute atomic E-state index is 5.87. The lowest BCUT2D eigenvalue weighted by atomic mass is 10.1. The second-order valence-corrected chi connectivity index (χ2v) is 9.17. The molecule has 0 radical (unpaired) electrons. The lowest BCUT2D eigenvalue weighted by molar-refractivity contribution is 0.253. The molecule has 1 fully saturated rings. The number of ether oxygens (including phenoxy) is 1. The Morgan fingerprint density at radius 2 is 1.56 bits per heavy atom. The molecule has 0 unspecified atom stereocenters. The smallest absolute Gasteiger partial charge is 0.151 e. The highest BCUT2D eigenvalue weighted by atomic mass is 16.5. The molecule has 0 atom stereocenters. The first-order valence-corrected chi connectivity index (χ1v) is 12.8. The van der Waals surface area contributed by atoms with Gasteiger partial charge in [-0.25, -0.2) is 0 Å². The van der Waals surface area contributed by atoms with Gasteiger partial charge in [-0.2, -0.15) is 0 Å². The van der Waals surface area contributed by atoms with Crippen molar-refractivity contribution in [3.05, 3.63) is 102 Å². The Kier molecular flexibility index (Phi) is 8.29. The van der Waals surface area contributed by atoms with E-state index in [1.165, 1.54) is 5.69 Å². The maximum atomic E-state index is 5.87. The van der Waals surface area contributed by atoms with Crippen LogP contribution in [-0.4, -0.2) is 49.3 Å². The summed E-state index contributed by atoms with van der Waals surface area (Å²) in [6.07, 6.45) is 1.12. The van der Waals surface area contributed by atoms with E-state index in [9.17, 15) is 0 Å². The Hall–Kier alpha value is -3.61. The van der Waals surface area contributed by atoms with E-state index in [1.54, 1.807) is 0 Å². The Morgan fingerprint density at radius 1 is 0.833 bits per heavy atom. The molecule has 36 heavy (non-hydrogen) atoms.